The highest BCUT2D eigenvalue weighted by Crippen LogP contribution is 2.25. The molecule has 1 atom stereocenters. The largest absolute Gasteiger partial charge is 0.304 e. The monoisotopic (exact) mass is 299 g/mol. The van der Waals surface area contributed by atoms with Crippen molar-refractivity contribution in [1.82, 2.24) is 15.1 Å². The van der Waals surface area contributed by atoms with Gasteiger partial charge in [0.1, 0.15) is 0 Å². The molecule has 0 spiro atoms. The maximum atomic E-state index is 4.14. The lowest BCUT2D eigenvalue weighted by Gasteiger charge is -2.11. The first-order valence-corrected chi connectivity index (χ1v) is 6.78. The van der Waals surface area contributed by atoms with Crippen molar-refractivity contribution in [2.75, 3.05) is 0 Å². The van der Waals surface area contributed by atoms with Gasteiger partial charge in [0.2, 0.25) is 0 Å². The Morgan fingerprint density at radius 3 is 3.00 bits per heavy atom. The number of aryl methyl sites for hydroxylation is 1. The first kappa shape index (κ1) is 11.8. The van der Waals surface area contributed by atoms with Crippen LogP contribution in [0.1, 0.15) is 23.5 Å². The molecule has 0 aliphatic heterocycles. The minimum atomic E-state index is 0.367. The summed E-state index contributed by atoms with van der Waals surface area (Å²) in [6.45, 7) is 3.02. The van der Waals surface area contributed by atoms with E-state index in [4.69, 9.17) is 0 Å². The van der Waals surface area contributed by atoms with Crippen LogP contribution in [0.4, 0.5) is 0 Å². The SMILES string of the molecule is CC(NCc1ccnn1C)c1cc(Br)cs1. The minimum absolute atomic E-state index is 0.367. The van der Waals surface area contributed by atoms with Gasteiger partial charge >= 0.3 is 0 Å². The van der Waals surface area contributed by atoms with Crippen molar-refractivity contribution in [3.8, 4) is 0 Å². The molecule has 2 rings (SSSR count). The van der Waals surface area contributed by atoms with Crippen LogP contribution in [0.25, 0.3) is 0 Å². The van der Waals surface area contributed by atoms with Crippen LogP contribution in [-0.4, -0.2) is 9.78 Å². The summed E-state index contributed by atoms with van der Waals surface area (Å²) in [5.41, 5.74) is 1.20. The molecule has 5 heteroatoms. The molecule has 3 nitrogen and oxygen atoms in total. The van der Waals surface area contributed by atoms with E-state index in [1.807, 2.05) is 24.0 Å². The average Bonchev–Trinajstić information content (AvgIpc) is 2.84. The molecular formula is C11H14BrN3S. The molecule has 0 amide bonds. The second-order valence-corrected chi connectivity index (χ2v) is 5.57. The number of hydrogen-bond donors (Lipinski definition) is 1. The summed E-state index contributed by atoms with van der Waals surface area (Å²) in [5, 5.41) is 9.74. The smallest absolute Gasteiger partial charge is 0.0518 e. The van der Waals surface area contributed by atoms with Crippen LogP contribution < -0.4 is 5.32 Å². The third kappa shape index (κ3) is 2.72. The van der Waals surface area contributed by atoms with Crippen molar-refractivity contribution in [2.45, 2.75) is 19.5 Å². The molecule has 0 aliphatic rings. The Morgan fingerprint density at radius 1 is 1.62 bits per heavy atom. The van der Waals surface area contributed by atoms with Crippen LogP contribution >= 0.6 is 27.3 Å². The van der Waals surface area contributed by atoms with Crippen LogP contribution in [0.15, 0.2) is 28.2 Å². The molecule has 1 unspecified atom stereocenters. The van der Waals surface area contributed by atoms with Gasteiger partial charge in [0.15, 0.2) is 0 Å². The minimum Gasteiger partial charge on any atom is -0.304 e. The van der Waals surface area contributed by atoms with Crippen LogP contribution in [0.5, 0.6) is 0 Å². The Labute approximate surface area is 108 Å². The maximum absolute atomic E-state index is 4.14. The van der Waals surface area contributed by atoms with Crippen LogP contribution in [0, 0.1) is 0 Å². The van der Waals surface area contributed by atoms with Gasteiger partial charge in [-0.25, -0.2) is 0 Å². The predicted octanol–water partition coefficient (Wildman–Crippen LogP) is 3.09. The Bertz CT molecular complexity index is 463. The zero-order valence-corrected chi connectivity index (χ0v) is 11.7. The first-order valence-electron chi connectivity index (χ1n) is 5.11. The summed E-state index contributed by atoms with van der Waals surface area (Å²) in [5.74, 6) is 0. The first-order chi connectivity index (χ1) is 7.66. The average molecular weight is 300 g/mol. The number of thiophene rings is 1. The fraction of sp³-hybridized carbons (Fsp3) is 0.364. The van der Waals surface area contributed by atoms with Gasteiger partial charge in [-0.2, -0.15) is 5.10 Å². The highest BCUT2D eigenvalue weighted by atomic mass is 79.9. The lowest BCUT2D eigenvalue weighted by atomic mass is 10.2. The topological polar surface area (TPSA) is 29.9 Å². The third-order valence-electron chi connectivity index (χ3n) is 2.53. The lowest BCUT2D eigenvalue weighted by molar-refractivity contribution is 0.554. The van der Waals surface area contributed by atoms with Gasteiger partial charge in [0, 0.05) is 40.6 Å². The molecule has 2 aromatic heterocycles. The van der Waals surface area contributed by atoms with Crippen molar-refractivity contribution in [3.63, 3.8) is 0 Å². The van der Waals surface area contributed by atoms with E-state index in [2.05, 4.69) is 44.7 Å². The predicted molar refractivity (Wildman–Crippen MR) is 70.5 cm³/mol. The quantitative estimate of drug-likeness (QED) is 0.940. The number of rotatable bonds is 4. The number of halogens is 1. The summed E-state index contributed by atoms with van der Waals surface area (Å²) < 4.78 is 3.05. The zero-order valence-electron chi connectivity index (χ0n) is 9.27. The lowest BCUT2D eigenvalue weighted by Crippen LogP contribution is -2.18. The summed E-state index contributed by atoms with van der Waals surface area (Å²) >= 11 is 5.24. The van der Waals surface area contributed by atoms with E-state index < -0.39 is 0 Å². The number of nitrogens with one attached hydrogen (secondary N) is 1. The van der Waals surface area contributed by atoms with E-state index in [0.717, 1.165) is 11.0 Å². The van der Waals surface area contributed by atoms with E-state index in [9.17, 15) is 0 Å². The van der Waals surface area contributed by atoms with Crippen LogP contribution in [-0.2, 0) is 13.6 Å². The number of aromatic nitrogens is 2. The number of nitrogens with zero attached hydrogens (tertiary/aromatic N) is 2. The molecule has 1 N–H and O–H groups in total. The third-order valence-corrected chi connectivity index (χ3v) is 4.40. The summed E-state index contributed by atoms with van der Waals surface area (Å²) in [7, 11) is 1.96. The highest BCUT2D eigenvalue weighted by molar-refractivity contribution is 9.10. The molecule has 0 radical (unpaired) electrons. The standard InChI is InChI=1S/C11H14BrN3S/c1-8(11-5-9(12)7-16-11)13-6-10-3-4-14-15(10)2/h3-5,7-8,13H,6H2,1-2H3. The molecule has 0 aliphatic carbocycles. The van der Waals surface area contributed by atoms with Gasteiger partial charge in [0.25, 0.3) is 0 Å². The second-order valence-electron chi connectivity index (χ2n) is 3.72. The van der Waals surface area contributed by atoms with E-state index in [1.54, 1.807) is 11.3 Å². The Morgan fingerprint density at radius 2 is 2.44 bits per heavy atom. The van der Waals surface area contributed by atoms with Gasteiger partial charge in [-0.3, -0.25) is 4.68 Å². The Balaban J connectivity index is 1.93. The molecule has 2 heterocycles. The van der Waals surface area contributed by atoms with Gasteiger partial charge < -0.3 is 5.32 Å². The Hall–Kier alpha value is -0.650. The zero-order chi connectivity index (χ0) is 11.5. The molecule has 0 saturated carbocycles. The summed E-state index contributed by atoms with van der Waals surface area (Å²) in [4.78, 5) is 1.34. The summed E-state index contributed by atoms with van der Waals surface area (Å²) in [6, 6.07) is 4.56. The molecule has 2 aromatic rings. The normalized spacial score (nSPS) is 12.9. The molecule has 0 bridgehead atoms. The number of hydrogen-bond acceptors (Lipinski definition) is 3. The van der Waals surface area contributed by atoms with Crippen LogP contribution in [0.3, 0.4) is 0 Å². The molecule has 86 valence electrons. The van der Waals surface area contributed by atoms with Crippen molar-refractivity contribution in [2.24, 2.45) is 7.05 Å². The fourth-order valence-corrected chi connectivity index (χ4v) is 2.97. The van der Waals surface area contributed by atoms with Crippen molar-refractivity contribution >= 4 is 27.3 Å². The molecular weight excluding hydrogens is 286 g/mol. The molecule has 0 aromatic carbocycles. The van der Waals surface area contributed by atoms with Gasteiger partial charge in [-0.05, 0) is 35.0 Å². The molecule has 16 heavy (non-hydrogen) atoms. The van der Waals surface area contributed by atoms with Crippen molar-refractivity contribution in [1.29, 1.82) is 0 Å². The van der Waals surface area contributed by atoms with E-state index in [-0.39, 0.29) is 0 Å². The second kappa shape index (κ2) is 5.12. The van der Waals surface area contributed by atoms with Gasteiger partial charge in [0.05, 0.1) is 5.69 Å². The molecule has 0 saturated heterocycles. The van der Waals surface area contributed by atoms with Gasteiger partial charge in [-0.15, -0.1) is 11.3 Å². The highest BCUT2D eigenvalue weighted by Gasteiger charge is 2.08. The maximum Gasteiger partial charge on any atom is 0.0518 e. The van der Waals surface area contributed by atoms with Crippen LogP contribution in [0.2, 0.25) is 0 Å². The van der Waals surface area contributed by atoms with Gasteiger partial charge in [-0.1, -0.05) is 0 Å². The van der Waals surface area contributed by atoms with E-state index >= 15 is 0 Å². The van der Waals surface area contributed by atoms with E-state index in [0.29, 0.717) is 6.04 Å². The van der Waals surface area contributed by atoms with E-state index in [1.165, 1.54) is 10.6 Å². The molecule has 0 fully saturated rings. The fourth-order valence-electron chi connectivity index (χ4n) is 1.49. The Kier molecular flexibility index (Phi) is 3.78. The van der Waals surface area contributed by atoms with Crippen molar-refractivity contribution in [3.05, 3.63) is 38.8 Å². The summed E-state index contributed by atoms with van der Waals surface area (Å²) in [6.07, 6.45) is 1.82. The van der Waals surface area contributed by atoms with Crippen molar-refractivity contribution < 1.29 is 0 Å².